The molecule has 0 aliphatic carbocycles. The quantitative estimate of drug-likeness (QED) is 0.195. The average molecular weight is 539 g/mol. The molecule has 0 saturated heterocycles. The van der Waals surface area contributed by atoms with Gasteiger partial charge in [0.15, 0.2) is 5.96 Å². The Kier molecular flexibility index (Phi) is 10.9. The van der Waals surface area contributed by atoms with Gasteiger partial charge in [0.2, 0.25) is 10.0 Å². The Balaban J connectivity index is 0.00000392. The molecule has 0 atom stereocenters. The third-order valence-corrected chi connectivity index (χ3v) is 5.94. The van der Waals surface area contributed by atoms with E-state index in [9.17, 15) is 8.42 Å². The molecule has 156 valence electrons. The first-order valence-corrected chi connectivity index (χ1v) is 10.7. The van der Waals surface area contributed by atoms with Crippen LogP contribution in [-0.4, -0.2) is 46.7 Å². The summed E-state index contributed by atoms with van der Waals surface area (Å²) in [5, 5.41) is 7.34. The van der Waals surface area contributed by atoms with Gasteiger partial charge in [-0.2, -0.15) is 0 Å². The number of benzene rings is 1. The van der Waals surface area contributed by atoms with E-state index in [4.69, 9.17) is 4.74 Å². The van der Waals surface area contributed by atoms with E-state index in [1.165, 1.54) is 7.11 Å². The van der Waals surface area contributed by atoms with Crippen molar-refractivity contribution in [2.24, 2.45) is 4.99 Å². The predicted octanol–water partition coefficient (Wildman–Crippen LogP) is 1.86. The number of ether oxygens (including phenoxy) is 1. The number of thiazole rings is 1. The summed E-state index contributed by atoms with van der Waals surface area (Å²) >= 11 is 1.63. The van der Waals surface area contributed by atoms with E-state index in [2.05, 4.69) is 25.3 Å². The van der Waals surface area contributed by atoms with Crippen molar-refractivity contribution in [2.45, 2.75) is 24.9 Å². The maximum atomic E-state index is 12.3. The Bertz CT molecular complexity index is 871. The highest BCUT2D eigenvalue weighted by Crippen LogP contribution is 2.12. The molecule has 1 heterocycles. The second-order valence-electron chi connectivity index (χ2n) is 5.68. The Morgan fingerprint density at radius 1 is 1.29 bits per heavy atom. The van der Waals surface area contributed by atoms with Crippen LogP contribution in [-0.2, 0) is 27.8 Å². The summed E-state index contributed by atoms with van der Waals surface area (Å²) < 4.78 is 31.9. The summed E-state index contributed by atoms with van der Waals surface area (Å²) in [5.74, 6) is 0.620. The highest BCUT2D eigenvalue weighted by Gasteiger charge is 2.13. The predicted molar refractivity (Wildman–Crippen MR) is 123 cm³/mol. The minimum Gasteiger partial charge on any atom is -0.383 e. The molecule has 0 aliphatic rings. The minimum absolute atomic E-state index is 0. The fraction of sp³-hybridized carbons (Fsp3) is 0.412. The van der Waals surface area contributed by atoms with Crippen LogP contribution >= 0.6 is 35.3 Å². The molecule has 0 fully saturated rings. The lowest BCUT2D eigenvalue weighted by molar-refractivity contribution is 0.204. The smallest absolute Gasteiger partial charge is 0.240 e. The van der Waals surface area contributed by atoms with Crippen LogP contribution in [0.1, 0.15) is 15.4 Å². The molecule has 2 rings (SSSR count). The molecule has 3 N–H and O–H groups in total. The van der Waals surface area contributed by atoms with Gasteiger partial charge < -0.3 is 15.4 Å². The highest BCUT2D eigenvalue weighted by atomic mass is 127. The van der Waals surface area contributed by atoms with E-state index in [-0.39, 0.29) is 35.4 Å². The van der Waals surface area contributed by atoms with Gasteiger partial charge in [0, 0.05) is 38.3 Å². The van der Waals surface area contributed by atoms with Gasteiger partial charge in [-0.25, -0.2) is 18.1 Å². The third-order valence-electron chi connectivity index (χ3n) is 3.57. The molecule has 0 radical (unpaired) electrons. The normalized spacial score (nSPS) is 11.8. The van der Waals surface area contributed by atoms with E-state index < -0.39 is 10.0 Å². The van der Waals surface area contributed by atoms with Crippen LogP contribution in [0.4, 0.5) is 0 Å². The molecule has 2 aromatic rings. The fourth-order valence-electron chi connectivity index (χ4n) is 2.23. The molecule has 28 heavy (non-hydrogen) atoms. The van der Waals surface area contributed by atoms with E-state index in [1.807, 2.05) is 19.2 Å². The van der Waals surface area contributed by atoms with Crippen LogP contribution in [0.25, 0.3) is 0 Å². The number of nitrogens with one attached hydrogen (secondary N) is 3. The Hall–Kier alpha value is -1.28. The molecule has 0 aliphatic heterocycles. The minimum atomic E-state index is -3.55. The van der Waals surface area contributed by atoms with Gasteiger partial charge in [0.1, 0.15) is 5.01 Å². The van der Waals surface area contributed by atoms with Crippen molar-refractivity contribution in [2.75, 3.05) is 27.3 Å². The number of nitrogens with zero attached hydrogens (tertiary/aromatic N) is 2. The first-order chi connectivity index (χ1) is 12.9. The summed E-state index contributed by atoms with van der Waals surface area (Å²) in [6.45, 7) is 3.59. The van der Waals surface area contributed by atoms with Gasteiger partial charge in [-0.3, -0.25) is 4.99 Å². The molecule has 0 spiro atoms. The van der Waals surface area contributed by atoms with Crippen LogP contribution in [0.2, 0.25) is 0 Å². The second-order valence-corrected chi connectivity index (χ2v) is 8.77. The van der Waals surface area contributed by atoms with Crippen molar-refractivity contribution in [3.8, 4) is 0 Å². The zero-order valence-corrected chi connectivity index (χ0v) is 20.0. The number of hydrogen-bond donors (Lipinski definition) is 3. The maximum absolute atomic E-state index is 12.3. The zero-order valence-electron chi connectivity index (χ0n) is 16.1. The standard InChI is InChI=1S/C17H25N5O3S2.HI/c1-13-10-19-16(26-13)12-21-17(18-2)20-11-14-5-4-6-15(9-14)27(23,24)22-7-8-25-3;/h4-6,9-10,22H,7-8,11-12H2,1-3H3,(H2,18,20,21);1H. The Morgan fingerprint density at radius 2 is 2.04 bits per heavy atom. The lowest BCUT2D eigenvalue weighted by Gasteiger charge is -2.12. The largest absolute Gasteiger partial charge is 0.383 e. The number of guanidine groups is 1. The molecule has 0 unspecified atom stereocenters. The third kappa shape index (κ3) is 7.99. The first kappa shape index (κ1) is 24.8. The van der Waals surface area contributed by atoms with Crippen molar-refractivity contribution >= 4 is 51.3 Å². The van der Waals surface area contributed by atoms with E-state index in [0.29, 0.717) is 25.7 Å². The SMILES string of the molecule is CN=C(NCc1cccc(S(=O)(=O)NCCOC)c1)NCc1ncc(C)s1.I. The van der Waals surface area contributed by atoms with Crippen molar-refractivity contribution in [1.29, 1.82) is 0 Å². The van der Waals surface area contributed by atoms with Gasteiger partial charge in [0.05, 0.1) is 18.0 Å². The van der Waals surface area contributed by atoms with Crippen LogP contribution in [0.5, 0.6) is 0 Å². The van der Waals surface area contributed by atoms with Crippen LogP contribution in [0.3, 0.4) is 0 Å². The monoisotopic (exact) mass is 539 g/mol. The van der Waals surface area contributed by atoms with Crippen molar-refractivity contribution < 1.29 is 13.2 Å². The highest BCUT2D eigenvalue weighted by molar-refractivity contribution is 14.0. The average Bonchev–Trinajstić information content (AvgIpc) is 3.07. The van der Waals surface area contributed by atoms with Gasteiger partial charge in [0.25, 0.3) is 0 Å². The van der Waals surface area contributed by atoms with Crippen molar-refractivity contribution in [1.82, 2.24) is 20.3 Å². The molecule has 11 heteroatoms. The van der Waals surface area contributed by atoms with E-state index >= 15 is 0 Å². The van der Waals surface area contributed by atoms with Gasteiger partial charge in [-0.05, 0) is 24.6 Å². The molecule has 1 aromatic carbocycles. The topological polar surface area (TPSA) is 105 Å². The molecule has 0 bridgehead atoms. The molecular formula is C17H26IN5O3S2. The molecule has 0 saturated carbocycles. The number of rotatable bonds is 9. The zero-order chi connectivity index (χ0) is 19.7. The van der Waals surface area contributed by atoms with Crippen molar-refractivity contribution in [3.63, 3.8) is 0 Å². The number of methoxy groups -OCH3 is 1. The van der Waals surface area contributed by atoms with Crippen LogP contribution in [0.15, 0.2) is 40.4 Å². The number of sulfonamides is 1. The summed E-state index contributed by atoms with van der Waals surface area (Å²) in [6.07, 6.45) is 1.84. The number of aliphatic imine (C=N–C) groups is 1. The number of halogens is 1. The van der Waals surface area contributed by atoms with Crippen LogP contribution < -0.4 is 15.4 Å². The lowest BCUT2D eigenvalue weighted by Crippen LogP contribution is -2.36. The van der Waals surface area contributed by atoms with Crippen LogP contribution in [0, 0.1) is 6.92 Å². The summed E-state index contributed by atoms with van der Waals surface area (Å²) in [6, 6.07) is 6.78. The van der Waals surface area contributed by atoms with E-state index in [0.717, 1.165) is 15.4 Å². The van der Waals surface area contributed by atoms with Crippen molar-refractivity contribution in [3.05, 3.63) is 45.9 Å². The second kappa shape index (κ2) is 12.3. The molecule has 8 nitrogen and oxygen atoms in total. The molecule has 1 aromatic heterocycles. The van der Waals surface area contributed by atoms with Gasteiger partial charge in [-0.1, -0.05) is 12.1 Å². The maximum Gasteiger partial charge on any atom is 0.240 e. The Morgan fingerprint density at radius 3 is 2.68 bits per heavy atom. The lowest BCUT2D eigenvalue weighted by atomic mass is 10.2. The number of aromatic nitrogens is 1. The molecule has 0 amide bonds. The fourth-order valence-corrected chi connectivity index (χ4v) is 4.04. The first-order valence-electron chi connectivity index (χ1n) is 8.38. The summed E-state index contributed by atoms with van der Waals surface area (Å²) in [5.41, 5.74) is 0.831. The van der Waals surface area contributed by atoms with Gasteiger partial charge in [-0.15, -0.1) is 35.3 Å². The van der Waals surface area contributed by atoms with Gasteiger partial charge >= 0.3 is 0 Å². The van der Waals surface area contributed by atoms with E-state index in [1.54, 1.807) is 36.6 Å². The summed E-state index contributed by atoms with van der Waals surface area (Å²) in [4.78, 5) is 9.85. The molecular weight excluding hydrogens is 513 g/mol. The number of aryl methyl sites for hydroxylation is 1. The number of hydrogen-bond acceptors (Lipinski definition) is 6. The Labute approximate surface area is 187 Å². The summed E-state index contributed by atoms with van der Waals surface area (Å²) in [7, 11) is -0.345.